The molecule has 8 heteroatoms. The first-order valence-electron chi connectivity index (χ1n) is 9.21. The van der Waals surface area contributed by atoms with E-state index in [-0.39, 0.29) is 24.5 Å². The molecule has 0 atom stereocenters. The van der Waals surface area contributed by atoms with Crippen molar-refractivity contribution >= 4 is 29.3 Å². The lowest BCUT2D eigenvalue weighted by molar-refractivity contribution is -0.139. The summed E-state index contributed by atoms with van der Waals surface area (Å²) in [6.07, 6.45) is 5.69. The number of amides is 1. The monoisotopic (exact) mass is 390 g/mol. The van der Waals surface area contributed by atoms with E-state index in [4.69, 9.17) is 5.11 Å². The third-order valence-electron chi connectivity index (χ3n) is 4.87. The number of thioether (sulfide) groups is 1. The van der Waals surface area contributed by atoms with E-state index >= 15 is 0 Å². The quantitative estimate of drug-likeness (QED) is 0.680. The van der Waals surface area contributed by atoms with Crippen molar-refractivity contribution in [1.82, 2.24) is 19.6 Å². The molecule has 3 rings (SSSR count). The molecule has 0 aromatic carbocycles. The van der Waals surface area contributed by atoms with Crippen molar-refractivity contribution in [2.75, 3.05) is 18.8 Å². The SMILES string of the molecule is CCN(CC(=O)O)C1CC(NC(=O)CSCc2cn3cc(C)ccc3n2)C1. The second-order valence-electron chi connectivity index (χ2n) is 7.04. The predicted molar refractivity (Wildman–Crippen MR) is 106 cm³/mol. The van der Waals surface area contributed by atoms with Crippen molar-refractivity contribution in [2.24, 2.45) is 0 Å². The minimum Gasteiger partial charge on any atom is -0.480 e. The zero-order valence-electron chi connectivity index (χ0n) is 15.7. The van der Waals surface area contributed by atoms with Crippen LogP contribution in [0.3, 0.4) is 0 Å². The van der Waals surface area contributed by atoms with Crippen LogP contribution in [0.5, 0.6) is 0 Å². The number of nitrogens with zero attached hydrogens (tertiary/aromatic N) is 3. The maximum atomic E-state index is 12.1. The first-order chi connectivity index (χ1) is 12.9. The van der Waals surface area contributed by atoms with Gasteiger partial charge < -0.3 is 14.8 Å². The molecule has 1 aliphatic carbocycles. The van der Waals surface area contributed by atoms with Crippen molar-refractivity contribution in [2.45, 2.75) is 44.5 Å². The van der Waals surface area contributed by atoms with Crippen molar-refractivity contribution in [3.8, 4) is 0 Å². The highest BCUT2D eigenvalue weighted by molar-refractivity contribution is 7.99. The molecule has 0 bridgehead atoms. The molecule has 2 heterocycles. The van der Waals surface area contributed by atoms with Crippen LogP contribution in [0.2, 0.25) is 0 Å². The van der Waals surface area contributed by atoms with Gasteiger partial charge in [0.15, 0.2) is 0 Å². The fourth-order valence-corrected chi connectivity index (χ4v) is 4.14. The van der Waals surface area contributed by atoms with Crippen LogP contribution < -0.4 is 5.32 Å². The summed E-state index contributed by atoms with van der Waals surface area (Å²) < 4.78 is 2.01. The number of carboxylic acids is 1. The van der Waals surface area contributed by atoms with E-state index in [1.807, 2.05) is 47.7 Å². The number of rotatable bonds is 9. The first-order valence-corrected chi connectivity index (χ1v) is 10.4. The number of carboxylic acid groups (broad SMARTS) is 1. The lowest BCUT2D eigenvalue weighted by atomic mass is 9.85. The number of carbonyl (C=O) groups excluding carboxylic acids is 1. The van der Waals surface area contributed by atoms with Crippen LogP contribution in [0.15, 0.2) is 24.5 Å². The number of hydrogen-bond donors (Lipinski definition) is 2. The van der Waals surface area contributed by atoms with Gasteiger partial charge in [0.1, 0.15) is 5.65 Å². The highest BCUT2D eigenvalue weighted by Gasteiger charge is 2.34. The van der Waals surface area contributed by atoms with Gasteiger partial charge in [-0.05, 0) is 37.9 Å². The van der Waals surface area contributed by atoms with Crippen molar-refractivity contribution in [3.05, 3.63) is 35.8 Å². The first kappa shape index (κ1) is 19.7. The van der Waals surface area contributed by atoms with Crippen LogP contribution in [0.25, 0.3) is 5.65 Å². The molecule has 0 aliphatic heterocycles. The van der Waals surface area contributed by atoms with E-state index in [2.05, 4.69) is 10.3 Å². The lowest BCUT2D eigenvalue weighted by Gasteiger charge is -2.42. The van der Waals surface area contributed by atoms with Crippen LogP contribution in [0, 0.1) is 6.92 Å². The summed E-state index contributed by atoms with van der Waals surface area (Å²) in [6.45, 7) is 4.79. The number of pyridine rings is 1. The zero-order valence-corrected chi connectivity index (χ0v) is 16.5. The normalized spacial score (nSPS) is 19.2. The summed E-state index contributed by atoms with van der Waals surface area (Å²) >= 11 is 1.55. The van der Waals surface area contributed by atoms with Crippen LogP contribution in [-0.4, -0.2) is 62.2 Å². The van der Waals surface area contributed by atoms with Crippen molar-refractivity contribution < 1.29 is 14.7 Å². The molecule has 1 fully saturated rings. The Balaban J connectivity index is 1.37. The highest BCUT2D eigenvalue weighted by Crippen LogP contribution is 2.25. The molecule has 146 valence electrons. The van der Waals surface area contributed by atoms with Gasteiger partial charge in [0.25, 0.3) is 0 Å². The smallest absolute Gasteiger partial charge is 0.317 e. The largest absolute Gasteiger partial charge is 0.480 e. The van der Waals surface area contributed by atoms with Crippen molar-refractivity contribution in [3.63, 3.8) is 0 Å². The van der Waals surface area contributed by atoms with Crippen LogP contribution in [0.4, 0.5) is 0 Å². The van der Waals surface area contributed by atoms with Gasteiger partial charge in [-0.1, -0.05) is 13.0 Å². The molecule has 27 heavy (non-hydrogen) atoms. The van der Waals surface area contributed by atoms with Gasteiger partial charge in [-0.3, -0.25) is 14.5 Å². The number of carbonyl (C=O) groups is 2. The maximum Gasteiger partial charge on any atom is 0.317 e. The number of fused-ring (bicyclic) bond motifs is 1. The molecule has 0 spiro atoms. The molecule has 0 saturated heterocycles. The van der Waals surface area contributed by atoms with Gasteiger partial charge in [0.2, 0.25) is 5.91 Å². The van der Waals surface area contributed by atoms with E-state index in [0.717, 1.165) is 24.2 Å². The highest BCUT2D eigenvalue weighted by atomic mass is 32.2. The number of aliphatic carboxylic acids is 1. The van der Waals surface area contributed by atoms with Gasteiger partial charge in [0, 0.05) is 30.2 Å². The number of hydrogen-bond acceptors (Lipinski definition) is 5. The molecule has 0 unspecified atom stereocenters. The Morgan fingerprint density at radius 3 is 2.85 bits per heavy atom. The topological polar surface area (TPSA) is 86.9 Å². The van der Waals surface area contributed by atoms with E-state index in [9.17, 15) is 9.59 Å². The Morgan fingerprint density at radius 1 is 1.37 bits per heavy atom. The Bertz CT molecular complexity index is 816. The van der Waals surface area contributed by atoms with E-state index in [1.54, 1.807) is 11.8 Å². The second-order valence-corrected chi connectivity index (χ2v) is 8.03. The average Bonchev–Trinajstić information content (AvgIpc) is 2.97. The summed E-state index contributed by atoms with van der Waals surface area (Å²) in [5.41, 5.74) is 3.07. The molecule has 1 aliphatic rings. The number of imidazole rings is 1. The van der Waals surface area contributed by atoms with Crippen molar-refractivity contribution in [1.29, 1.82) is 0 Å². The molecule has 2 aromatic heterocycles. The van der Waals surface area contributed by atoms with Gasteiger partial charge in [-0.25, -0.2) is 4.98 Å². The molecule has 2 N–H and O–H groups in total. The van der Waals surface area contributed by atoms with Gasteiger partial charge in [-0.15, -0.1) is 11.8 Å². The Kier molecular flexibility index (Phi) is 6.38. The summed E-state index contributed by atoms with van der Waals surface area (Å²) in [7, 11) is 0. The van der Waals surface area contributed by atoms with E-state index < -0.39 is 5.97 Å². The van der Waals surface area contributed by atoms with Gasteiger partial charge in [0.05, 0.1) is 18.0 Å². The number of nitrogens with one attached hydrogen (secondary N) is 1. The van der Waals surface area contributed by atoms with Crippen LogP contribution in [-0.2, 0) is 15.3 Å². The predicted octanol–water partition coefficient (Wildman–Crippen LogP) is 1.93. The third-order valence-corrected chi connectivity index (χ3v) is 5.84. The summed E-state index contributed by atoms with van der Waals surface area (Å²) in [6, 6.07) is 4.44. The maximum absolute atomic E-state index is 12.1. The number of aromatic nitrogens is 2. The van der Waals surface area contributed by atoms with E-state index in [0.29, 0.717) is 18.1 Å². The minimum absolute atomic E-state index is 0.0318. The summed E-state index contributed by atoms with van der Waals surface area (Å²) in [5, 5.41) is 12.0. The molecule has 2 aromatic rings. The third kappa shape index (κ3) is 5.23. The number of aryl methyl sites for hydroxylation is 1. The fraction of sp³-hybridized carbons (Fsp3) is 0.526. The molecule has 1 saturated carbocycles. The van der Waals surface area contributed by atoms with E-state index in [1.165, 1.54) is 5.56 Å². The molecule has 1 amide bonds. The molecule has 0 radical (unpaired) electrons. The van der Waals surface area contributed by atoms with Crippen LogP contribution >= 0.6 is 11.8 Å². The number of likely N-dealkylation sites (N-methyl/N-ethyl adjacent to an activating group) is 1. The average molecular weight is 391 g/mol. The summed E-state index contributed by atoms with van der Waals surface area (Å²) in [5.74, 6) is 0.330. The van der Waals surface area contributed by atoms with Gasteiger partial charge in [-0.2, -0.15) is 0 Å². The lowest BCUT2D eigenvalue weighted by Crippen LogP contribution is -2.55. The Labute approximate surface area is 163 Å². The molecular formula is C19H26N4O3S. The zero-order chi connectivity index (χ0) is 19.4. The minimum atomic E-state index is -0.803. The van der Waals surface area contributed by atoms with Crippen LogP contribution in [0.1, 0.15) is 31.0 Å². The summed E-state index contributed by atoms with van der Waals surface area (Å²) in [4.78, 5) is 29.5. The molecular weight excluding hydrogens is 364 g/mol. The fourth-order valence-electron chi connectivity index (χ4n) is 3.42. The Hall–Kier alpha value is -2.06. The second kappa shape index (κ2) is 8.75. The Morgan fingerprint density at radius 2 is 2.15 bits per heavy atom. The standard InChI is InChI=1S/C19H26N4O3S/c1-3-22(10-19(25)26)16-6-14(7-16)21-18(24)12-27-11-15-9-23-8-13(2)4-5-17(23)20-15/h4-5,8-9,14,16H,3,6-7,10-12H2,1-2H3,(H,21,24)(H,25,26). The van der Waals surface area contributed by atoms with Gasteiger partial charge >= 0.3 is 5.97 Å². The molecule has 7 nitrogen and oxygen atoms in total.